The lowest BCUT2D eigenvalue weighted by Gasteiger charge is -1.95. The molecule has 0 aromatic heterocycles. The van der Waals surface area contributed by atoms with Crippen LogP contribution in [0.25, 0.3) is 0 Å². The van der Waals surface area contributed by atoms with Crippen LogP contribution in [0.15, 0.2) is 12.2 Å². The van der Waals surface area contributed by atoms with Gasteiger partial charge in [-0.3, -0.25) is 0 Å². The molecule has 0 saturated carbocycles. The van der Waals surface area contributed by atoms with E-state index in [9.17, 15) is 0 Å². The molecular formula is C7H13N. The fourth-order valence-electron chi connectivity index (χ4n) is 1.11. The minimum absolute atomic E-state index is 0.819. The van der Waals surface area contributed by atoms with E-state index >= 15 is 0 Å². The zero-order chi connectivity index (χ0) is 5.82. The second kappa shape index (κ2) is 2.88. The summed E-state index contributed by atoms with van der Waals surface area (Å²) in [5.41, 5.74) is 0. The van der Waals surface area contributed by atoms with Crippen LogP contribution >= 0.6 is 0 Å². The molecular weight excluding hydrogens is 98.1 g/mol. The van der Waals surface area contributed by atoms with E-state index in [2.05, 4.69) is 24.4 Å². The Kier molecular flexibility index (Phi) is 2.10. The lowest BCUT2D eigenvalue weighted by atomic mass is 10.1. The van der Waals surface area contributed by atoms with Crippen molar-refractivity contribution in [3.8, 4) is 0 Å². The second-order valence-electron chi connectivity index (χ2n) is 2.28. The Labute approximate surface area is 50.8 Å². The summed E-state index contributed by atoms with van der Waals surface area (Å²) in [5.74, 6) is 0.819. The van der Waals surface area contributed by atoms with Crippen molar-refractivity contribution in [1.29, 1.82) is 0 Å². The summed E-state index contributed by atoms with van der Waals surface area (Å²) < 4.78 is 0. The summed E-state index contributed by atoms with van der Waals surface area (Å²) in [6, 6.07) is 0. The predicted molar refractivity (Wildman–Crippen MR) is 35.8 cm³/mol. The van der Waals surface area contributed by atoms with Gasteiger partial charge < -0.3 is 5.32 Å². The molecule has 0 aromatic rings. The van der Waals surface area contributed by atoms with Crippen molar-refractivity contribution < 1.29 is 0 Å². The van der Waals surface area contributed by atoms with Crippen molar-refractivity contribution in [2.24, 2.45) is 5.92 Å². The highest BCUT2D eigenvalue weighted by molar-refractivity contribution is 4.90. The summed E-state index contributed by atoms with van der Waals surface area (Å²) in [7, 11) is 0. The van der Waals surface area contributed by atoms with Crippen LogP contribution in [0.4, 0.5) is 0 Å². The van der Waals surface area contributed by atoms with Crippen LogP contribution in [-0.4, -0.2) is 13.1 Å². The molecule has 0 spiro atoms. The van der Waals surface area contributed by atoms with Crippen molar-refractivity contribution in [3.63, 3.8) is 0 Å². The third-order valence-corrected chi connectivity index (χ3v) is 1.56. The highest BCUT2D eigenvalue weighted by Gasteiger charge is 2.08. The molecule has 0 radical (unpaired) electrons. The van der Waals surface area contributed by atoms with Gasteiger partial charge in [0.1, 0.15) is 0 Å². The Balaban J connectivity index is 2.24. The van der Waals surface area contributed by atoms with E-state index in [0.717, 1.165) is 5.92 Å². The normalized spacial score (nSPS) is 29.9. The molecule has 1 heterocycles. The number of hydrogen-bond donors (Lipinski definition) is 1. The maximum atomic E-state index is 3.31. The minimum Gasteiger partial charge on any atom is -0.316 e. The molecule has 1 nitrogen and oxygen atoms in total. The molecule has 0 amide bonds. The Morgan fingerprint density at radius 2 is 2.50 bits per heavy atom. The second-order valence-corrected chi connectivity index (χ2v) is 2.28. The zero-order valence-corrected chi connectivity index (χ0v) is 5.35. The summed E-state index contributed by atoms with van der Waals surface area (Å²) in [4.78, 5) is 0. The molecule has 1 N–H and O–H groups in total. The molecule has 0 bridgehead atoms. The standard InChI is InChI=1S/C7H13N/c1-2-3-7-4-5-8-6-7/h2-3,7-8H,4-6H2,1H3/b3-2+. The first kappa shape index (κ1) is 5.83. The van der Waals surface area contributed by atoms with E-state index in [4.69, 9.17) is 0 Å². The topological polar surface area (TPSA) is 12.0 Å². The summed E-state index contributed by atoms with van der Waals surface area (Å²) in [5, 5.41) is 3.31. The van der Waals surface area contributed by atoms with Gasteiger partial charge in [0.05, 0.1) is 0 Å². The Hall–Kier alpha value is -0.300. The molecule has 1 rings (SSSR count). The molecule has 8 heavy (non-hydrogen) atoms. The van der Waals surface area contributed by atoms with E-state index in [1.807, 2.05) is 0 Å². The molecule has 0 aromatic carbocycles. The van der Waals surface area contributed by atoms with E-state index in [0.29, 0.717) is 0 Å². The van der Waals surface area contributed by atoms with Crippen LogP contribution in [0.1, 0.15) is 13.3 Å². The Bertz CT molecular complexity index is 80.4. The van der Waals surface area contributed by atoms with E-state index in [1.54, 1.807) is 0 Å². The Morgan fingerprint density at radius 3 is 3.00 bits per heavy atom. The summed E-state index contributed by atoms with van der Waals surface area (Å²) in [6.07, 6.45) is 5.74. The third kappa shape index (κ3) is 1.34. The zero-order valence-electron chi connectivity index (χ0n) is 5.35. The molecule has 1 aliphatic rings. The van der Waals surface area contributed by atoms with Crippen molar-refractivity contribution in [1.82, 2.24) is 5.32 Å². The number of hydrogen-bond acceptors (Lipinski definition) is 1. The first-order valence-corrected chi connectivity index (χ1v) is 3.27. The highest BCUT2D eigenvalue weighted by atomic mass is 14.9. The summed E-state index contributed by atoms with van der Waals surface area (Å²) in [6.45, 7) is 4.47. The van der Waals surface area contributed by atoms with Crippen molar-refractivity contribution in [3.05, 3.63) is 12.2 Å². The van der Waals surface area contributed by atoms with Gasteiger partial charge in [0, 0.05) is 6.54 Å². The van der Waals surface area contributed by atoms with E-state index < -0.39 is 0 Å². The van der Waals surface area contributed by atoms with Crippen LogP contribution in [0.5, 0.6) is 0 Å². The summed E-state index contributed by atoms with van der Waals surface area (Å²) >= 11 is 0. The molecule has 1 fully saturated rings. The SMILES string of the molecule is C/C=C/C1CCNC1. The first-order valence-electron chi connectivity index (χ1n) is 3.27. The van der Waals surface area contributed by atoms with Gasteiger partial charge in [-0.2, -0.15) is 0 Å². The largest absolute Gasteiger partial charge is 0.316 e. The van der Waals surface area contributed by atoms with Gasteiger partial charge >= 0.3 is 0 Å². The van der Waals surface area contributed by atoms with Crippen LogP contribution in [-0.2, 0) is 0 Å². The van der Waals surface area contributed by atoms with Crippen molar-refractivity contribution in [2.45, 2.75) is 13.3 Å². The van der Waals surface area contributed by atoms with Crippen molar-refractivity contribution in [2.75, 3.05) is 13.1 Å². The maximum absolute atomic E-state index is 3.31. The molecule has 1 unspecified atom stereocenters. The van der Waals surface area contributed by atoms with E-state index in [-0.39, 0.29) is 0 Å². The third-order valence-electron chi connectivity index (χ3n) is 1.56. The highest BCUT2D eigenvalue weighted by Crippen LogP contribution is 2.07. The van der Waals surface area contributed by atoms with Crippen LogP contribution < -0.4 is 5.32 Å². The van der Waals surface area contributed by atoms with Gasteiger partial charge in [0.15, 0.2) is 0 Å². The van der Waals surface area contributed by atoms with Crippen LogP contribution in [0, 0.1) is 5.92 Å². The number of rotatable bonds is 1. The molecule has 1 atom stereocenters. The molecule has 46 valence electrons. The monoisotopic (exact) mass is 111 g/mol. The maximum Gasteiger partial charge on any atom is 0.00146 e. The van der Waals surface area contributed by atoms with Crippen LogP contribution in [0.3, 0.4) is 0 Å². The van der Waals surface area contributed by atoms with Gasteiger partial charge in [-0.1, -0.05) is 12.2 Å². The average molecular weight is 111 g/mol. The van der Waals surface area contributed by atoms with Gasteiger partial charge in [-0.15, -0.1) is 0 Å². The number of allylic oxidation sites excluding steroid dienone is 1. The molecule has 1 aliphatic heterocycles. The van der Waals surface area contributed by atoms with Gasteiger partial charge in [-0.05, 0) is 25.8 Å². The lowest BCUT2D eigenvalue weighted by Crippen LogP contribution is -2.07. The smallest absolute Gasteiger partial charge is 0.00146 e. The van der Waals surface area contributed by atoms with Gasteiger partial charge in [0.2, 0.25) is 0 Å². The van der Waals surface area contributed by atoms with Gasteiger partial charge in [-0.25, -0.2) is 0 Å². The van der Waals surface area contributed by atoms with Crippen LogP contribution in [0.2, 0.25) is 0 Å². The van der Waals surface area contributed by atoms with E-state index in [1.165, 1.54) is 19.5 Å². The molecule has 0 aliphatic carbocycles. The molecule has 1 heteroatoms. The molecule has 1 saturated heterocycles. The first-order chi connectivity index (χ1) is 3.93. The minimum atomic E-state index is 0.819. The predicted octanol–water partition coefficient (Wildman–Crippen LogP) is 1.17. The fourth-order valence-corrected chi connectivity index (χ4v) is 1.11. The van der Waals surface area contributed by atoms with Gasteiger partial charge in [0.25, 0.3) is 0 Å². The Morgan fingerprint density at radius 1 is 1.62 bits per heavy atom. The fraction of sp³-hybridized carbons (Fsp3) is 0.714. The quantitative estimate of drug-likeness (QED) is 0.501. The number of nitrogens with one attached hydrogen (secondary N) is 1. The lowest BCUT2D eigenvalue weighted by molar-refractivity contribution is 0.727. The van der Waals surface area contributed by atoms with Crippen molar-refractivity contribution >= 4 is 0 Å². The average Bonchev–Trinajstić information content (AvgIpc) is 2.19.